The van der Waals surface area contributed by atoms with Crippen molar-refractivity contribution >= 4 is 19.4 Å². The zero-order chi connectivity index (χ0) is 7.54. The first-order valence-electron chi connectivity index (χ1n) is 2.44. The van der Waals surface area contributed by atoms with Gasteiger partial charge in [0.15, 0.2) is 0 Å². The van der Waals surface area contributed by atoms with Gasteiger partial charge in [-0.2, -0.15) is 0 Å². The Bertz CT molecular complexity index is 71.5. The molecule has 0 aromatic heterocycles. The molecule has 0 aromatic carbocycles. The van der Waals surface area contributed by atoms with Gasteiger partial charge >= 0.3 is 34.5 Å². The molecule has 0 nitrogen and oxygen atoms in total. The molecule has 0 heterocycles. The molecule has 0 atom stereocenters. The zero-order valence-corrected chi connectivity index (χ0v) is 8.39. The molecule has 0 amide bonds. The Morgan fingerprint density at radius 1 is 1.56 bits per heavy atom. The molecule has 0 aliphatic carbocycles. The molecule has 0 aromatic rings. The second kappa shape index (κ2) is 15.9. The molecule has 57 valence electrons. The van der Waals surface area contributed by atoms with E-state index in [0.717, 1.165) is 6.42 Å². The van der Waals surface area contributed by atoms with E-state index < -0.39 is 0 Å². The van der Waals surface area contributed by atoms with Gasteiger partial charge in [-0.05, 0) is 6.42 Å². The van der Waals surface area contributed by atoms with Crippen LogP contribution in [0.15, 0.2) is 24.8 Å². The van der Waals surface area contributed by atoms with Crippen LogP contribution in [0.1, 0.15) is 13.3 Å². The molecule has 0 radical (unpaired) electrons. The van der Waals surface area contributed by atoms with Crippen LogP contribution in [-0.2, 0) is 15.1 Å². The van der Waals surface area contributed by atoms with Gasteiger partial charge in [0.25, 0.3) is 0 Å². The van der Waals surface area contributed by atoms with Crippen LogP contribution in [0.3, 0.4) is 0 Å². The summed E-state index contributed by atoms with van der Waals surface area (Å²) in [6, 6.07) is 0. The Balaban J connectivity index is 0. The minimum absolute atomic E-state index is 0.226. The third-order valence-electron chi connectivity index (χ3n) is 0.508. The second-order valence-corrected chi connectivity index (χ2v) is 3.61. The van der Waals surface area contributed by atoms with E-state index in [1.165, 1.54) is 0 Å². The van der Waals surface area contributed by atoms with E-state index in [1.807, 2.05) is 6.08 Å². The first-order valence-corrected chi connectivity index (χ1v) is 6.66. The molecule has 0 fully saturated rings. The van der Waals surface area contributed by atoms with Gasteiger partial charge in [0.2, 0.25) is 0 Å². The molecular weight excluding hydrogens is 246 g/mol. The van der Waals surface area contributed by atoms with Crippen LogP contribution < -0.4 is 0 Å². The Hall–Kier alpha value is 0.683. The molecule has 0 bridgehead atoms. The summed E-state index contributed by atoms with van der Waals surface area (Å²) in [6.07, 6.45) is 6.89. The number of halogens is 2. The van der Waals surface area contributed by atoms with Crippen LogP contribution in [-0.4, -0.2) is 0 Å². The van der Waals surface area contributed by atoms with E-state index in [9.17, 15) is 0 Å². The van der Waals surface area contributed by atoms with Gasteiger partial charge in [0.1, 0.15) is 0 Å². The molecular formula is C6H10Cl2Rh. The van der Waals surface area contributed by atoms with E-state index in [2.05, 4.69) is 19.6 Å². The fourth-order valence-electron chi connectivity index (χ4n) is 0.232. The van der Waals surface area contributed by atoms with Gasteiger partial charge in [-0.15, -0.1) is 0 Å². The fourth-order valence-corrected chi connectivity index (χ4v) is 0.232. The monoisotopic (exact) mass is 255 g/mol. The first kappa shape index (κ1) is 12.4. The van der Waals surface area contributed by atoms with Gasteiger partial charge < -0.3 is 0 Å². The van der Waals surface area contributed by atoms with Crippen LogP contribution in [0.5, 0.6) is 0 Å². The van der Waals surface area contributed by atoms with Crippen LogP contribution in [0.25, 0.3) is 0 Å². The van der Waals surface area contributed by atoms with E-state index in [1.54, 1.807) is 6.08 Å². The number of allylic oxidation sites excluding steroid dienone is 3. The van der Waals surface area contributed by atoms with Crippen LogP contribution in [0.4, 0.5) is 0 Å². The molecule has 0 rings (SSSR count). The van der Waals surface area contributed by atoms with Gasteiger partial charge in [0.05, 0.1) is 0 Å². The summed E-state index contributed by atoms with van der Waals surface area (Å²) < 4.78 is 0. The van der Waals surface area contributed by atoms with Crippen molar-refractivity contribution in [1.29, 1.82) is 0 Å². The standard InChI is InChI=1S/C6H10.2ClH.Rh/c1-3-5-6-4-2;;;/h3,5-6H,1,4H2,2H3;2*1H;/q;;;+2/p-2. The summed E-state index contributed by atoms with van der Waals surface area (Å²) >= 11 is -0.226. The zero-order valence-electron chi connectivity index (χ0n) is 5.24. The first-order chi connectivity index (χ1) is 4.33. The number of hydrogen-bond donors (Lipinski definition) is 0. The van der Waals surface area contributed by atoms with E-state index in [-0.39, 0.29) is 15.1 Å². The predicted molar refractivity (Wildman–Crippen MR) is 41.3 cm³/mol. The maximum atomic E-state index is 4.83. The Labute approximate surface area is 72.6 Å². The van der Waals surface area contributed by atoms with Crippen molar-refractivity contribution in [3.63, 3.8) is 0 Å². The molecule has 9 heavy (non-hydrogen) atoms. The van der Waals surface area contributed by atoms with Crippen molar-refractivity contribution in [3.8, 4) is 0 Å². The van der Waals surface area contributed by atoms with Crippen molar-refractivity contribution in [2.75, 3.05) is 0 Å². The van der Waals surface area contributed by atoms with E-state index >= 15 is 0 Å². The summed E-state index contributed by atoms with van der Waals surface area (Å²) in [4.78, 5) is 0. The van der Waals surface area contributed by atoms with E-state index in [0.29, 0.717) is 0 Å². The predicted octanol–water partition coefficient (Wildman–Crippen LogP) is 3.52. The topological polar surface area (TPSA) is 0 Å². The number of rotatable bonds is 2. The molecule has 0 saturated carbocycles. The Kier molecular flexibility index (Phi) is 21.8. The van der Waals surface area contributed by atoms with Crippen molar-refractivity contribution in [2.45, 2.75) is 13.3 Å². The quantitative estimate of drug-likeness (QED) is 0.523. The minimum atomic E-state index is -0.226. The summed E-state index contributed by atoms with van der Waals surface area (Å²) in [5.41, 5.74) is 0. The van der Waals surface area contributed by atoms with Gasteiger partial charge in [-0.1, -0.05) is 31.7 Å². The van der Waals surface area contributed by atoms with Crippen LogP contribution in [0, 0.1) is 0 Å². The van der Waals surface area contributed by atoms with Crippen molar-refractivity contribution in [2.24, 2.45) is 0 Å². The average Bonchev–Trinajstić information content (AvgIpc) is 1.86. The summed E-state index contributed by atoms with van der Waals surface area (Å²) in [6.45, 7) is 5.61. The Morgan fingerprint density at radius 3 is 2.11 bits per heavy atom. The van der Waals surface area contributed by atoms with Crippen molar-refractivity contribution in [3.05, 3.63) is 24.8 Å². The third-order valence-corrected chi connectivity index (χ3v) is 0.508. The molecule has 0 saturated heterocycles. The van der Waals surface area contributed by atoms with Crippen LogP contribution >= 0.6 is 19.4 Å². The van der Waals surface area contributed by atoms with Crippen molar-refractivity contribution in [1.82, 2.24) is 0 Å². The summed E-state index contributed by atoms with van der Waals surface area (Å²) in [5.74, 6) is 0. The number of hydrogen-bond acceptors (Lipinski definition) is 0. The average molecular weight is 256 g/mol. The molecule has 0 aliphatic rings. The maximum absolute atomic E-state index is 4.83. The second-order valence-electron chi connectivity index (χ2n) is 1.12. The van der Waals surface area contributed by atoms with E-state index in [4.69, 9.17) is 19.4 Å². The normalized spacial score (nSPS) is 8.78. The molecule has 0 N–H and O–H groups in total. The third kappa shape index (κ3) is 28.6. The fraction of sp³-hybridized carbons (Fsp3) is 0.333. The molecule has 3 heteroatoms. The summed E-state index contributed by atoms with van der Waals surface area (Å²) in [5, 5.41) is 0. The molecule has 0 spiro atoms. The Morgan fingerprint density at radius 2 is 2.00 bits per heavy atom. The summed E-state index contributed by atoms with van der Waals surface area (Å²) in [7, 11) is 9.67. The van der Waals surface area contributed by atoms with Crippen molar-refractivity contribution < 1.29 is 15.1 Å². The SMILES string of the molecule is C=CC=CCC.[Cl][Rh][Cl]. The van der Waals surface area contributed by atoms with Gasteiger partial charge in [-0.3, -0.25) is 0 Å². The van der Waals surface area contributed by atoms with Gasteiger partial charge in [-0.25, -0.2) is 0 Å². The van der Waals surface area contributed by atoms with Crippen LogP contribution in [0.2, 0.25) is 0 Å². The molecule has 0 unspecified atom stereocenters. The molecule has 0 aliphatic heterocycles. The van der Waals surface area contributed by atoms with Gasteiger partial charge in [0, 0.05) is 0 Å².